The van der Waals surface area contributed by atoms with Gasteiger partial charge >= 0.3 is 0 Å². The number of carbonyl (C=O) groups excluding carboxylic acids is 2. The molecule has 0 fully saturated rings. The third-order valence-corrected chi connectivity index (χ3v) is 6.32. The maximum absolute atomic E-state index is 12.6. The van der Waals surface area contributed by atoms with Crippen LogP contribution in [-0.2, 0) is 29.0 Å². The lowest BCUT2D eigenvalue weighted by atomic mass is 10.1. The van der Waals surface area contributed by atoms with Gasteiger partial charge in [0.15, 0.2) is 11.0 Å². The molecule has 184 valence electrons. The lowest BCUT2D eigenvalue weighted by molar-refractivity contribution is -0.121. The lowest BCUT2D eigenvalue weighted by Gasteiger charge is -2.15. The Balaban J connectivity index is 1.61. The van der Waals surface area contributed by atoms with Crippen molar-refractivity contribution in [2.45, 2.75) is 44.4 Å². The molecule has 0 spiro atoms. The van der Waals surface area contributed by atoms with Gasteiger partial charge in [-0.05, 0) is 42.7 Å². The third-order valence-electron chi connectivity index (χ3n) is 5.35. The van der Waals surface area contributed by atoms with Crippen molar-refractivity contribution in [2.75, 3.05) is 18.2 Å². The average molecular weight is 494 g/mol. The number of para-hydroxylation sites is 1. The second kappa shape index (κ2) is 12.8. The van der Waals surface area contributed by atoms with Crippen LogP contribution in [0.1, 0.15) is 36.8 Å². The molecule has 1 atom stereocenters. The number of amides is 2. The van der Waals surface area contributed by atoms with E-state index in [1.54, 1.807) is 13.2 Å². The van der Waals surface area contributed by atoms with Crippen molar-refractivity contribution in [1.82, 2.24) is 20.1 Å². The zero-order chi connectivity index (χ0) is 25.2. The second-order valence-corrected chi connectivity index (χ2v) is 8.84. The van der Waals surface area contributed by atoms with Gasteiger partial charge in [0.2, 0.25) is 11.8 Å². The van der Waals surface area contributed by atoms with Crippen LogP contribution in [0.5, 0.6) is 5.75 Å². The number of ether oxygens (including phenoxy) is 1. The molecule has 0 unspecified atom stereocenters. The minimum atomic E-state index is -0.368. The van der Waals surface area contributed by atoms with Gasteiger partial charge in [0.25, 0.3) is 0 Å². The Morgan fingerprint density at radius 2 is 1.89 bits per heavy atom. The van der Waals surface area contributed by atoms with Gasteiger partial charge in [-0.25, -0.2) is 0 Å². The first kappa shape index (κ1) is 26.0. The van der Waals surface area contributed by atoms with Crippen LogP contribution in [-0.4, -0.2) is 39.4 Å². The Morgan fingerprint density at radius 3 is 2.57 bits per heavy atom. The van der Waals surface area contributed by atoms with Crippen molar-refractivity contribution in [2.24, 2.45) is 0 Å². The number of anilines is 1. The van der Waals surface area contributed by atoms with E-state index in [0.717, 1.165) is 29.0 Å². The minimum Gasteiger partial charge on any atom is -0.497 e. The highest BCUT2D eigenvalue weighted by atomic mass is 32.2. The summed E-state index contributed by atoms with van der Waals surface area (Å²) < 4.78 is 7.02. The second-order valence-electron chi connectivity index (χ2n) is 7.90. The molecule has 3 aromatic rings. The van der Waals surface area contributed by atoms with Gasteiger partial charge in [-0.15, -0.1) is 16.8 Å². The molecule has 3 rings (SSSR count). The lowest BCUT2D eigenvalue weighted by Crippen LogP contribution is -2.30. The van der Waals surface area contributed by atoms with Crippen molar-refractivity contribution in [3.8, 4) is 5.75 Å². The summed E-state index contributed by atoms with van der Waals surface area (Å²) in [6, 6.07) is 14.8. The molecule has 2 aromatic carbocycles. The Hall–Kier alpha value is -3.59. The molecule has 1 heterocycles. The predicted octanol–water partition coefficient (Wildman–Crippen LogP) is 4.19. The molecular formula is C26H31N5O3S. The van der Waals surface area contributed by atoms with Gasteiger partial charge < -0.3 is 19.9 Å². The SMILES string of the molecule is C=CCn1c(SCC(=O)Nc2ccccc2CC)nnc1[C@H](C)NC(=O)Cc1ccc(OC)cc1. The van der Waals surface area contributed by atoms with Crippen molar-refractivity contribution in [1.29, 1.82) is 0 Å². The number of aryl methyl sites for hydroxylation is 1. The van der Waals surface area contributed by atoms with E-state index in [2.05, 4.69) is 34.3 Å². The van der Waals surface area contributed by atoms with E-state index in [9.17, 15) is 9.59 Å². The Kier molecular flexibility index (Phi) is 9.48. The van der Waals surface area contributed by atoms with Gasteiger partial charge in [-0.3, -0.25) is 9.59 Å². The zero-order valence-corrected chi connectivity index (χ0v) is 21.1. The number of hydrogen-bond donors (Lipinski definition) is 2. The number of allylic oxidation sites excluding steroid dienone is 1. The number of rotatable bonds is 12. The summed E-state index contributed by atoms with van der Waals surface area (Å²) in [6.45, 7) is 8.19. The van der Waals surface area contributed by atoms with Crippen molar-refractivity contribution >= 4 is 29.3 Å². The molecule has 0 aliphatic rings. The monoisotopic (exact) mass is 493 g/mol. The maximum Gasteiger partial charge on any atom is 0.234 e. The van der Waals surface area contributed by atoms with E-state index < -0.39 is 0 Å². The summed E-state index contributed by atoms with van der Waals surface area (Å²) >= 11 is 1.30. The first-order valence-electron chi connectivity index (χ1n) is 11.4. The molecule has 0 aliphatic carbocycles. The van der Waals surface area contributed by atoms with Crippen LogP contribution in [0.3, 0.4) is 0 Å². The number of hydrogen-bond acceptors (Lipinski definition) is 6. The summed E-state index contributed by atoms with van der Waals surface area (Å²) in [5, 5.41) is 15.1. The first-order valence-corrected chi connectivity index (χ1v) is 12.4. The average Bonchev–Trinajstić information content (AvgIpc) is 3.26. The summed E-state index contributed by atoms with van der Waals surface area (Å²) in [6.07, 6.45) is 2.81. The topological polar surface area (TPSA) is 98.1 Å². The van der Waals surface area contributed by atoms with Crippen LogP contribution in [0.2, 0.25) is 0 Å². The summed E-state index contributed by atoms with van der Waals surface area (Å²) in [5.41, 5.74) is 2.79. The first-order chi connectivity index (χ1) is 16.9. The summed E-state index contributed by atoms with van der Waals surface area (Å²) in [4.78, 5) is 25.1. The standard InChI is InChI=1S/C26H31N5O3S/c1-5-15-31-25(18(3)27-23(32)16-19-11-13-21(34-4)14-12-19)29-30-26(31)35-17-24(33)28-22-10-8-7-9-20(22)6-2/h5,7-14,18H,1,6,15-17H2,2-4H3,(H,27,32)(H,28,33)/t18-/m0/s1. The normalized spacial score (nSPS) is 11.5. The van der Waals surface area contributed by atoms with E-state index in [1.807, 2.05) is 60.0 Å². The smallest absolute Gasteiger partial charge is 0.234 e. The molecule has 1 aromatic heterocycles. The molecule has 0 saturated heterocycles. The minimum absolute atomic E-state index is 0.119. The van der Waals surface area contributed by atoms with Crippen LogP contribution in [0.4, 0.5) is 5.69 Å². The Morgan fingerprint density at radius 1 is 1.14 bits per heavy atom. The van der Waals surface area contributed by atoms with E-state index in [-0.39, 0.29) is 30.0 Å². The molecule has 35 heavy (non-hydrogen) atoms. The van der Waals surface area contributed by atoms with E-state index in [1.165, 1.54) is 11.8 Å². The van der Waals surface area contributed by atoms with Crippen LogP contribution in [0, 0.1) is 0 Å². The van der Waals surface area contributed by atoms with E-state index in [4.69, 9.17) is 4.74 Å². The molecular weight excluding hydrogens is 462 g/mol. The van der Waals surface area contributed by atoms with Crippen molar-refractivity contribution in [3.05, 3.63) is 78.1 Å². The molecule has 9 heteroatoms. The Bertz CT molecular complexity index is 1160. The molecule has 0 radical (unpaired) electrons. The largest absolute Gasteiger partial charge is 0.497 e. The molecule has 0 aliphatic heterocycles. The predicted molar refractivity (Wildman–Crippen MR) is 139 cm³/mol. The van der Waals surface area contributed by atoms with Gasteiger partial charge in [0.05, 0.1) is 25.3 Å². The van der Waals surface area contributed by atoms with Crippen molar-refractivity contribution < 1.29 is 14.3 Å². The summed E-state index contributed by atoms with van der Waals surface area (Å²) in [7, 11) is 1.60. The highest BCUT2D eigenvalue weighted by molar-refractivity contribution is 7.99. The number of carbonyl (C=O) groups is 2. The van der Waals surface area contributed by atoms with E-state index in [0.29, 0.717) is 17.5 Å². The highest BCUT2D eigenvalue weighted by Crippen LogP contribution is 2.22. The quantitative estimate of drug-likeness (QED) is 0.290. The fourth-order valence-electron chi connectivity index (χ4n) is 3.58. The number of aromatic nitrogens is 3. The van der Waals surface area contributed by atoms with Crippen molar-refractivity contribution in [3.63, 3.8) is 0 Å². The van der Waals surface area contributed by atoms with Crippen LogP contribution in [0.15, 0.2) is 66.3 Å². The Labute approximate surface area is 210 Å². The van der Waals surface area contributed by atoms with Gasteiger partial charge in [-0.1, -0.05) is 55.1 Å². The van der Waals surface area contributed by atoms with E-state index >= 15 is 0 Å². The zero-order valence-electron chi connectivity index (χ0n) is 20.3. The maximum atomic E-state index is 12.6. The fraction of sp³-hybridized carbons (Fsp3) is 0.308. The van der Waals surface area contributed by atoms with Gasteiger partial charge in [0, 0.05) is 12.2 Å². The number of thioether (sulfide) groups is 1. The fourth-order valence-corrected chi connectivity index (χ4v) is 4.34. The molecule has 2 amide bonds. The summed E-state index contributed by atoms with van der Waals surface area (Å²) in [5.74, 6) is 1.29. The molecule has 0 bridgehead atoms. The van der Waals surface area contributed by atoms with Gasteiger partial charge in [-0.2, -0.15) is 0 Å². The number of nitrogens with zero attached hydrogens (tertiary/aromatic N) is 3. The number of methoxy groups -OCH3 is 1. The molecule has 2 N–H and O–H groups in total. The van der Waals surface area contributed by atoms with Crippen LogP contribution in [0.25, 0.3) is 0 Å². The highest BCUT2D eigenvalue weighted by Gasteiger charge is 2.20. The third kappa shape index (κ3) is 7.19. The number of nitrogens with one attached hydrogen (secondary N) is 2. The van der Waals surface area contributed by atoms with Crippen LogP contribution >= 0.6 is 11.8 Å². The number of benzene rings is 2. The molecule has 8 nitrogen and oxygen atoms in total. The molecule has 0 saturated carbocycles. The van der Waals surface area contributed by atoms with Crippen LogP contribution < -0.4 is 15.4 Å². The van der Waals surface area contributed by atoms with Gasteiger partial charge in [0.1, 0.15) is 5.75 Å².